The van der Waals surface area contributed by atoms with Gasteiger partial charge in [0.25, 0.3) is 5.91 Å². The van der Waals surface area contributed by atoms with Gasteiger partial charge in [-0.25, -0.2) is 0 Å². The Morgan fingerprint density at radius 3 is 2.55 bits per heavy atom. The van der Waals surface area contributed by atoms with Crippen LogP contribution >= 0.6 is 11.6 Å². The van der Waals surface area contributed by atoms with Gasteiger partial charge in [-0.1, -0.05) is 43.4 Å². The Bertz CT molecular complexity index is 981. The fourth-order valence-corrected chi connectivity index (χ4v) is 4.23. The lowest BCUT2D eigenvalue weighted by Crippen LogP contribution is -2.42. The van der Waals surface area contributed by atoms with Crippen molar-refractivity contribution in [2.75, 3.05) is 13.1 Å². The highest BCUT2D eigenvalue weighted by Crippen LogP contribution is 2.28. The molecule has 1 aliphatic carbocycles. The first kappa shape index (κ1) is 25.2. The molecule has 4 N–H and O–H groups in total. The van der Waals surface area contributed by atoms with E-state index in [9.17, 15) is 19.8 Å². The molecule has 33 heavy (non-hydrogen) atoms. The normalized spacial score (nSPS) is 16.6. The number of benzene rings is 1. The van der Waals surface area contributed by atoms with E-state index in [0.717, 1.165) is 31.4 Å². The number of aliphatic hydroxyl groups is 2. The largest absolute Gasteiger partial charge is 0.392 e. The Hall–Kier alpha value is -2.42. The van der Waals surface area contributed by atoms with Crippen molar-refractivity contribution in [2.45, 2.75) is 70.6 Å². The number of carbonyl (C=O) groups is 2. The average Bonchev–Trinajstić information content (AvgIpc) is 2.99. The summed E-state index contributed by atoms with van der Waals surface area (Å²) in [5.74, 6) is -0.588. The van der Waals surface area contributed by atoms with Crippen LogP contribution in [0.25, 0.3) is 11.3 Å². The highest BCUT2D eigenvalue weighted by atomic mass is 35.5. The van der Waals surface area contributed by atoms with Gasteiger partial charge in [-0.05, 0) is 44.9 Å². The first-order valence-corrected chi connectivity index (χ1v) is 11.8. The summed E-state index contributed by atoms with van der Waals surface area (Å²) >= 11 is 6.30. The zero-order chi connectivity index (χ0) is 24.0. The van der Waals surface area contributed by atoms with Gasteiger partial charge in [0.05, 0.1) is 28.0 Å². The van der Waals surface area contributed by atoms with Gasteiger partial charge in [-0.2, -0.15) is 5.10 Å². The topological polar surface area (TPSA) is 116 Å². The van der Waals surface area contributed by atoms with Crippen LogP contribution in [0.5, 0.6) is 0 Å². The summed E-state index contributed by atoms with van der Waals surface area (Å²) in [6, 6.07) is 6.93. The third-order valence-electron chi connectivity index (χ3n) is 5.99. The highest BCUT2D eigenvalue weighted by molar-refractivity contribution is 6.34. The zero-order valence-electron chi connectivity index (χ0n) is 19.2. The first-order valence-electron chi connectivity index (χ1n) is 11.5. The molecule has 0 saturated heterocycles. The first-order chi connectivity index (χ1) is 15.7. The molecule has 0 aliphatic heterocycles. The van der Waals surface area contributed by atoms with Crippen LogP contribution in [0.4, 0.5) is 0 Å². The molecule has 1 aromatic heterocycles. The molecular formula is C24H33ClN4O4. The number of aromatic nitrogens is 2. The van der Waals surface area contributed by atoms with Crippen LogP contribution in [-0.2, 0) is 11.3 Å². The lowest BCUT2D eigenvalue weighted by Gasteiger charge is -2.26. The van der Waals surface area contributed by atoms with Gasteiger partial charge in [-0.15, -0.1) is 0 Å². The number of rotatable bonds is 8. The number of amides is 2. The van der Waals surface area contributed by atoms with E-state index in [2.05, 4.69) is 15.7 Å². The van der Waals surface area contributed by atoms with Gasteiger partial charge in [0.2, 0.25) is 5.91 Å². The number of aryl methyl sites for hydroxylation is 1. The summed E-state index contributed by atoms with van der Waals surface area (Å²) in [6.45, 7) is 3.84. The van der Waals surface area contributed by atoms with Crippen molar-refractivity contribution < 1.29 is 19.8 Å². The second-order valence-corrected chi connectivity index (χ2v) is 9.40. The molecule has 8 nitrogen and oxygen atoms in total. The fraction of sp³-hybridized carbons (Fsp3) is 0.542. The lowest BCUT2D eigenvalue weighted by molar-refractivity contribution is -0.122. The second kappa shape index (κ2) is 11.1. The summed E-state index contributed by atoms with van der Waals surface area (Å²) in [4.78, 5) is 24.9. The number of carbonyl (C=O) groups excluding carboxylic acids is 2. The number of hydrogen-bond acceptors (Lipinski definition) is 5. The van der Waals surface area contributed by atoms with E-state index in [1.807, 2.05) is 13.0 Å². The second-order valence-electron chi connectivity index (χ2n) is 9.00. The predicted molar refractivity (Wildman–Crippen MR) is 127 cm³/mol. The van der Waals surface area contributed by atoms with Crippen molar-refractivity contribution in [3.63, 3.8) is 0 Å². The van der Waals surface area contributed by atoms with Crippen molar-refractivity contribution in [1.82, 2.24) is 20.4 Å². The predicted octanol–water partition coefficient (Wildman–Crippen LogP) is 2.82. The molecule has 3 rings (SSSR count). The van der Waals surface area contributed by atoms with Gasteiger partial charge in [0.15, 0.2) is 0 Å². The quantitative estimate of drug-likeness (QED) is 0.437. The van der Waals surface area contributed by atoms with Crippen LogP contribution in [0.1, 0.15) is 61.5 Å². The average molecular weight is 477 g/mol. The van der Waals surface area contributed by atoms with Crippen molar-refractivity contribution in [2.24, 2.45) is 0 Å². The Labute approximate surface area is 199 Å². The van der Waals surface area contributed by atoms with Crippen molar-refractivity contribution in [3.05, 3.63) is 40.5 Å². The molecule has 2 amide bonds. The fourth-order valence-electron chi connectivity index (χ4n) is 4.03. The maximum atomic E-state index is 12.9. The molecule has 1 heterocycles. The maximum Gasteiger partial charge on any atom is 0.252 e. The summed E-state index contributed by atoms with van der Waals surface area (Å²) < 4.78 is 1.57. The van der Waals surface area contributed by atoms with Gasteiger partial charge in [-0.3, -0.25) is 14.3 Å². The molecular weight excluding hydrogens is 444 g/mol. The van der Waals surface area contributed by atoms with Crippen LogP contribution in [0, 0.1) is 6.92 Å². The molecule has 9 heteroatoms. The van der Waals surface area contributed by atoms with Crippen LogP contribution in [0.15, 0.2) is 24.3 Å². The van der Waals surface area contributed by atoms with E-state index in [-0.39, 0.29) is 31.4 Å². The molecule has 1 aromatic carbocycles. The van der Waals surface area contributed by atoms with Crippen molar-refractivity contribution in [1.29, 1.82) is 0 Å². The number of halogens is 1. The molecule has 1 unspecified atom stereocenters. The lowest BCUT2D eigenvalue weighted by atomic mass is 9.94. The van der Waals surface area contributed by atoms with Gasteiger partial charge in [0.1, 0.15) is 6.54 Å². The molecule has 1 saturated carbocycles. The Morgan fingerprint density at radius 2 is 1.88 bits per heavy atom. The summed E-state index contributed by atoms with van der Waals surface area (Å²) in [5.41, 5.74) is 1.54. The number of nitrogens with one attached hydrogen (secondary N) is 2. The molecule has 1 fully saturated rings. The van der Waals surface area contributed by atoms with E-state index in [0.29, 0.717) is 34.7 Å². The molecule has 0 bridgehead atoms. The van der Waals surface area contributed by atoms with Crippen molar-refractivity contribution >= 4 is 23.4 Å². The molecule has 0 spiro atoms. The van der Waals surface area contributed by atoms with Gasteiger partial charge in [0, 0.05) is 24.3 Å². The zero-order valence-corrected chi connectivity index (χ0v) is 20.0. The molecule has 180 valence electrons. The van der Waals surface area contributed by atoms with Crippen LogP contribution in [0.2, 0.25) is 5.02 Å². The molecule has 1 aliphatic rings. The van der Waals surface area contributed by atoms with Crippen LogP contribution < -0.4 is 10.6 Å². The minimum absolute atomic E-state index is 0.0259. The van der Waals surface area contributed by atoms with E-state index in [4.69, 9.17) is 11.6 Å². The Balaban J connectivity index is 1.70. The number of nitrogens with zero attached hydrogens (tertiary/aromatic N) is 2. The number of hydrogen-bond donors (Lipinski definition) is 4. The Kier molecular flexibility index (Phi) is 8.51. The summed E-state index contributed by atoms with van der Waals surface area (Å²) in [7, 11) is 0. The summed E-state index contributed by atoms with van der Waals surface area (Å²) in [5, 5.41) is 30.4. The van der Waals surface area contributed by atoms with E-state index >= 15 is 0 Å². The molecule has 1 atom stereocenters. The van der Waals surface area contributed by atoms with Gasteiger partial charge < -0.3 is 20.8 Å². The SMILES string of the molecule is Cc1cc(-c2ccc(Cl)c(C(=O)NCC3(O)CCCCCC3)c2)nn1CC(=O)NCC(C)O. The smallest absolute Gasteiger partial charge is 0.252 e. The highest BCUT2D eigenvalue weighted by Gasteiger charge is 2.28. The minimum atomic E-state index is -0.874. The van der Waals surface area contributed by atoms with Crippen LogP contribution in [-0.4, -0.2) is 56.6 Å². The van der Waals surface area contributed by atoms with E-state index in [1.165, 1.54) is 0 Å². The third kappa shape index (κ3) is 7.03. The third-order valence-corrected chi connectivity index (χ3v) is 6.32. The van der Waals surface area contributed by atoms with Gasteiger partial charge >= 0.3 is 0 Å². The molecule has 2 aromatic rings. The number of aliphatic hydroxyl groups excluding tert-OH is 1. The van der Waals surface area contributed by atoms with E-state index in [1.54, 1.807) is 29.8 Å². The van der Waals surface area contributed by atoms with Crippen LogP contribution in [0.3, 0.4) is 0 Å². The molecule has 0 radical (unpaired) electrons. The van der Waals surface area contributed by atoms with Crippen molar-refractivity contribution in [3.8, 4) is 11.3 Å². The summed E-state index contributed by atoms with van der Waals surface area (Å²) in [6.07, 6.45) is 4.88. The Morgan fingerprint density at radius 1 is 1.18 bits per heavy atom. The van der Waals surface area contributed by atoms with E-state index < -0.39 is 11.7 Å². The minimum Gasteiger partial charge on any atom is -0.392 e. The maximum absolute atomic E-state index is 12.9. The monoisotopic (exact) mass is 476 g/mol. The standard InChI is InChI=1S/C24H33ClN4O4/c1-16-11-21(28-29(16)14-22(31)26-13-17(2)30)18-7-8-20(25)19(12-18)23(32)27-15-24(33)9-5-3-4-6-10-24/h7-8,11-12,17,30,33H,3-6,9-10,13-15H2,1-2H3,(H,26,31)(H,27,32).